The molecule has 0 radical (unpaired) electrons. The fourth-order valence-corrected chi connectivity index (χ4v) is 3.97. The first kappa shape index (κ1) is 23.7. The van der Waals surface area contributed by atoms with Crippen LogP contribution in [0.2, 0.25) is 0 Å². The molecule has 180 valence electrons. The van der Waals surface area contributed by atoms with Crippen LogP contribution in [0.1, 0.15) is 15.9 Å². The predicted octanol–water partition coefficient (Wildman–Crippen LogP) is 3.75. The van der Waals surface area contributed by atoms with Gasteiger partial charge in [0.15, 0.2) is 0 Å². The number of carbonyl (C=O) groups excluding carboxylic acids is 2. The molecule has 9 heteroatoms. The van der Waals surface area contributed by atoms with Gasteiger partial charge in [0.1, 0.15) is 5.75 Å². The summed E-state index contributed by atoms with van der Waals surface area (Å²) in [5, 5.41) is 13.6. The Morgan fingerprint density at radius 3 is 2.11 bits per heavy atom. The van der Waals surface area contributed by atoms with E-state index in [0.29, 0.717) is 43.0 Å². The zero-order valence-corrected chi connectivity index (χ0v) is 19.3. The SMILES string of the molecule is COc1ccc(C(=O)N2CCN(c3ccc(NC(=O)Cc4ccc([N+](=O)[O-])cc4)cc3)CC2)cc1. The Balaban J connectivity index is 1.27. The smallest absolute Gasteiger partial charge is 0.269 e. The minimum Gasteiger partial charge on any atom is -0.497 e. The average molecular weight is 475 g/mol. The van der Waals surface area contributed by atoms with E-state index in [1.807, 2.05) is 29.2 Å². The van der Waals surface area contributed by atoms with Crippen LogP contribution in [0.25, 0.3) is 0 Å². The van der Waals surface area contributed by atoms with Crippen LogP contribution in [0, 0.1) is 10.1 Å². The van der Waals surface area contributed by atoms with Crippen LogP contribution in [-0.4, -0.2) is 54.9 Å². The number of anilines is 2. The molecule has 0 unspecified atom stereocenters. The molecule has 0 aromatic heterocycles. The topological polar surface area (TPSA) is 105 Å². The number of amides is 2. The summed E-state index contributed by atoms with van der Waals surface area (Å²) in [6.45, 7) is 2.68. The molecule has 1 heterocycles. The van der Waals surface area contributed by atoms with Gasteiger partial charge >= 0.3 is 0 Å². The largest absolute Gasteiger partial charge is 0.497 e. The van der Waals surface area contributed by atoms with Crippen LogP contribution >= 0.6 is 0 Å². The third-order valence-electron chi connectivity index (χ3n) is 5.93. The minimum absolute atomic E-state index is 0.00400. The number of non-ortho nitro benzene ring substituents is 1. The summed E-state index contributed by atoms with van der Waals surface area (Å²) in [7, 11) is 1.60. The summed E-state index contributed by atoms with van der Waals surface area (Å²) in [4.78, 5) is 39.4. The summed E-state index contributed by atoms with van der Waals surface area (Å²) in [5.41, 5.74) is 3.04. The van der Waals surface area contributed by atoms with Crippen LogP contribution in [0.4, 0.5) is 17.1 Å². The Hall–Kier alpha value is -4.40. The van der Waals surface area contributed by atoms with Crippen molar-refractivity contribution in [1.29, 1.82) is 0 Å². The Morgan fingerprint density at radius 2 is 1.54 bits per heavy atom. The van der Waals surface area contributed by atoms with Crippen LogP contribution in [-0.2, 0) is 11.2 Å². The lowest BCUT2D eigenvalue weighted by Crippen LogP contribution is -2.48. The van der Waals surface area contributed by atoms with Crippen molar-refractivity contribution in [2.75, 3.05) is 43.5 Å². The molecule has 2 amide bonds. The van der Waals surface area contributed by atoms with Gasteiger partial charge in [-0.15, -0.1) is 0 Å². The Bertz CT molecular complexity index is 1190. The number of nitro groups is 1. The Labute approximate surface area is 203 Å². The molecule has 35 heavy (non-hydrogen) atoms. The Kier molecular flexibility index (Phi) is 7.25. The van der Waals surface area contributed by atoms with E-state index in [2.05, 4.69) is 10.2 Å². The number of benzene rings is 3. The lowest BCUT2D eigenvalue weighted by atomic mass is 10.1. The standard InChI is InChI=1S/C26H26N4O5/c1-35-24-12-4-20(5-13-24)26(32)29-16-14-28(15-17-29)22-10-6-21(7-11-22)27-25(31)18-19-2-8-23(9-3-19)30(33)34/h2-13H,14-18H2,1H3,(H,27,31). The molecule has 0 bridgehead atoms. The molecule has 1 aliphatic rings. The van der Waals surface area contributed by atoms with Crippen molar-refractivity contribution in [2.45, 2.75) is 6.42 Å². The molecule has 9 nitrogen and oxygen atoms in total. The van der Waals surface area contributed by atoms with E-state index in [-0.39, 0.29) is 23.9 Å². The number of nitrogens with one attached hydrogen (secondary N) is 1. The van der Waals surface area contributed by atoms with E-state index in [0.717, 1.165) is 11.4 Å². The molecule has 1 N–H and O–H groups in total. The Morgan fingerprint density at radius 1 is 0.914 bits per heavy atom. The monoisotopic (exact) mass is 474 g/mol. The van der Waals surface area contributed by atoms with E-state index in [9.17, 15) is 19.7 Å². The second-order valence-corrected chi connectivity index (χ2v) is 8.20. The molecule has 4 rings (SSSR count). The number of ether oxygens (including phenoxy) is 1. The van der Waals surface area contributed by atoms with Crippen LogP contribution < -0.4 is 15.0 Å². The number of hydrogen-bond donors (Lipinski definition) is 1. The molecule has 1 fully saturated rings. The van der Waals surface area contributed by atoms with Crippen LogP contribution in [0.15, 0.2) is 72.8 Å². The molecule has 0 aliphatic carbocycles. The summed E-state index contributed by atoms with van der Waals surface area (Å²) >= 11 is 0. The molecule has 0 spiro atoms. The number of piperazine rings is 1. The highest BCUT2D eigenvalue weighted by Gasteiger charge is 2.22. The lowest BCUT2D eigenvalue weighted by Gasteiger charge is -2.36. The zero-order valence-electron chi connectivity index (χ0n) is 19.3. The summed E-state index contributed by atoms with van der Waals surface area (Å²) in [5.74, 6) is 0.535. The third-order valence-corrected chi connectivity index (χ3v) is 5.93. The number of carbonyl (C=O) groups is 2. The molecule has 1 saturated heterocycles. The van der Waals surface area contributed by atoms with Gasteiger partial charge in [-0.2, -0.15) is 0 Å². The van der Waals surface area contributed by atoms with Gasteiger partial charge in [-0.1, -0.05) is 12.1 Å². The van der Waals surface area contributed by atoms with E-state index >= 15 is 0 Å². The number of nitrogens with zero attached hydrogens (tertiary/aromatic N) is 3. The summed E-state index contributed by atoms with van der Waals surface area (Å²) in [6, 6.07) is 20.7. The first-order valence-corrected chi connectivity index (χ1v) is 11.2. The van der Waals surface area contributed by atoms with Crippen molar-refractivity contribution in [3.63, 3.8) is 0 Å². The van der Waals surface area contributed by atoms with Gasteiger partial charge in [0.2, 0.25) is 5.91 Å². The van der Waals surface area contributed by atoms with Crippen LogP contribution in [0.3, 0.4) is 0 Å². The molecule has 1 aliphatic heterocycles. The molecule has 0 atom stereocenters. The number of methoxy groups -OCH3 is 1. The fraction of sp³-hybridized carbons (Fsp3) is 0.231. The van der Waals surface area contributed by atoms with Gasteiger partial charge in [0.05, 0.1) is 18.5 Å². The highest BCUT2D eigenvalue weighted by molar-refractivity contribution is 5.94. The maximum atomic E-state index is 12.8. The van der Waals surface area contributed by atoms with Crippen molar-refractivity contribution in [3.8, 4) is 5.75 Å². The highest BCUT2D eigenvalue weighted by Crippen LogP contribution is 2.21. The van der Waals surface area contributed by atoms with Gasteiger partial charge in [0, 0.05) is 55.2 Å². The zero-order chi connectivity index (χ0) is 24.8. The van der Waals surface area contributed by atoms with Crippen molar-refractivity contribution < 1.29 is 19.2 Å². The van der Waals surface area contributed by atoms with Gasteiger partial charge in [0.25, 0.3) is 11.6 Å². The number of rotatable bonds is 7. The van der Waals surface area contributed by atoms with Crippen LogP contribution in [0.5, 0.6) is 5.75 Å². The summed E-state index contributed by atoms with van der Waals surface area (Å²) in [6.07, 6.45) is 0.129. The van der Waals surface area contributed by atoms with Crippen molar-refractivity contribution in [2.24, 2.45) is 0 Å². The molecule has 3 aromatic rings. The van der Waals surface area contributed by atoms with Gasteiger partial charge in [-0.25, -0.2) is 0 Å². The van der Waals surface area contributed by atoms with E-state index < -0.39 is 4.92 Å². The molecular weight excluding hydrogens is 448 g/mol. The average Bonchev–Trinajstić information content (AvgIpc) is 2.89. The van der Waals surface area contributed by atoms with Gasteiger partial charge < -0.3 is 19.9 Å². The molecule has 0 saturated carbocycles. The van der Waals surface area contributed by atoms with Crippen molar-refractivity contribution in [1.82, 2.24) is 4.90 Å². The maximum Gasteiger partial charge on any atom is 0.269 e. The lowest BCUT2D eigenvalue weighted by molar-refractivity contribution is -0.384. The normalized spacial score (nSPS) is 13.3. The maximum absolute atomic E-state index is 12.8. The first-order valence-electron chi connectivity index (χ1n) is 11.2. The second-order valence-electron chi connectivity index (χ2n) is 8.20. The molecule has 3 aromatic carbocycles. The number of nitro benzene ring substituents is 1. The minimum atomic E-state index is -0.468. The predicted molar refractivity (Wildman–Crippen MR) is 133 cm³/mol. The van der Waals surface area contributed by atoms with Gasteiger partial charge in [-0.3, -0.25) is 19.7 Å². The van der Waals surface area contributed by atoms with Crippen molar-refractivity contribution in [3.05, 3.63) is 94.0 Å². The first-order chi connectivity index (χ1) is 16.9. The van der Waals surface area contributed by atoms with E-state index in [1.165, 1.54) is 12.1 Å². The second kappa shape index (κ2) is 10.7. The van der Waals surface area contributed by atoms with E-state index in [4.69, 9.17) is 4.74 Å². The number of hydrogen-bond acceptors (Lipinski definition) is 6. The quantitative estimate of drug-likeness (QED) is 0.413. The van der Waals surface area contributed by atoms with Gasteiger partial charge in [-0.05, 0) is 54.1 Å². The third kappa shape index (κ3) is 5.94. The van der Waals surface area contributed by atoms with Crippen molar-refractivity contribution >= 4 is 28.9 Å². The highest BCUT2D eigenvalue weighted by atomic mass is 16.6. The van der Waals surface area contributed by atoms with E-state index in [1.54, 1.807) is 43.5 Å². The fourth-order valence-electron chi connectivity index (χ4n) is 3.97. The summed E-state index contributed by atoms with van der Waals surface area (Å²) < 4.78 is 5.15. The molecular formula is C26H26N4O5.